The summed E-state index contributed by atoms with van der Waals surface area (Å²) in [5, 5.41) is 21.2. The standard InChI is InChI=1S/C12H26N4O2/c1-12(2,17)10-16-8-6-15(7-9-16)5-3-4-11(13)14-18/h17-18H,3-10H2,1-2H3,(H2,13,14). The largest absolute Gasteiger partial charge is 0.409 e. The first-order valence-corrected chi connectivity index (χ1v) is 6.54. The molecule has 0 bridgehead atoms. The monoisotopic (exact) mass is 258 g/mol. The molecule has 0 radical (unpaired) electrons. The SMILES string of the molecule is CC(C)(O)CN1CCN(CCCC(N)=NO)CC1. The molecule has 106 valence electrons. The summed E-state index contributed by atoms with van der Waals surface area (Å²) in [4.78, 5) is 4.67. The Morgan fingerprint density at radius 3 is 2.28 bits per heavy atom. The van der Waals surface area contributed by atoms with E-state index < -0.39 is 5.60 Å². The third kappa shape index (κ3) is 6.18. The third-order valence-corrected chi connectivity index (χ3v) is 3.11. The van der Waals surface area contributed by atoms with Gasteiger partial charge >= 0.3 is 0 Å². The van der Waals surface area contributed by atoms with Crippen molar-refractivity contribution in [1.29, 1.82) is 0 Å². The lowest BCUT2D eigenvalue weighted by Crippen LogP contribution is -2.50. The molecule has 6 heteroatoms. The first kappa shape index (κ1) is 15.2. The van der Waals surface area contributed by atoms with Crippen molar-refractivity contribution in [2.24, 2.45) is 10.9 Å². The molecule has 0 amide bonds. The fourth-order valence-electron chi connectivity index (χ4n) is 2.25. The van der Waals surface area contributed by atoms with Crippen LogP contribution in [0, 0.1) is 0 Å². The van der Waals surface area contributed by atoms with Crippen LogP contribution < -0.4 is 5.73 Å². The summed E-state index contributed by atoms with van der Waals surface area (Å²) in [6, 6.07) is 0. The number of nitrogens with two attached hydrogens (primary N) is 1. The summed E-state index contributed by atoms with van der Waals surface area (Å²) in [5.74, 6) is 0.302. The minimum atomic E-state index is -0.617. The van der Waals surface area contributed by atoms with Crippen LogP contribution in [0.15, 0.2) is 5.16 Å². The lowest BCUT2D eigenvalue weighted by Gasteiger charge is -2.37. The van der Waals surface area contributed by atoms with E-state index >= 15 is 0 Å². The molecule has 0 aromatic rings. The van der Waals surface area contributed by atoms with E-state index in [9.17, 15) is 5.11 Å². The Balaban J connectivity index is 2.16. The highest BCUT2D eigenvalue weighted by Gasteiger charge is 2.22. The molecule has 1 heterocycles. The maximum atomic E-state index is 9.76. The summed E-state index contributed by atoms with van der Waals surface area (Å²) in [7, 11) is 0. The summed E-state index contributed by atoms with van der Waals surface area (Å²) in [6.45, 7) is 9.42. The number of rotatable bonds is 6. The van der Waals surface area contributed by atoms with E-state index in [0.29, 0.717) is 12.3 Å². The van der Waals surface area contributed by atoms with Gasteiger partial charge in [-0.2, -0.15) is 0 Å². The van der Waals surface area contributed by atoms with Crippen molar-refractivity contribution in [1.82, 2.24) is 9.80 Å². The highest BCUT2D eigenvalue weighted by molar-refractivity contribution is 5.79. The molecule has 1 aliphatic rings. The van der Waals surface area contributed by atoms with Crippen molar-refractivity contribution in [3.8, 4) is 0 Å². The average molecular weight is 258 g/mol. The number of aliphatic hydroxyl groups is 1. The van der Waals surface area contributed by atoms with Gasteiger partial charge in [0.2, 0.25) is 0 Å². The Bertz CT molecular complexity index is 268. The van der Waals surface area contributed by atoms with E-state index in [2.05, 4.69) is 15.0 Å². The van der Waals surface area contributed by atoms with Crippen molar-refractivity contribution < 1.29 is 10.3 Å². The number of amidine groups is 1. The molecule has 1 fully saturated rings. The molecule has 0 aromatic carbocycles. The Kier molecular flexibility index (Phi) is 5.84. The highest BCUT2D eigenvalue weighted by atomic mass is 16.4. The fraction of sp³-hybridized carbons (Fsp3) is 0.917. The normalized spacial score (nSPS) is 20.3. The summed E-state index contributed by atoms with van der Waals surface area (Å²) in [6.07, 6.45) is 1.56. The Labute approximate surface area is 109 Å². The number of hydrogen-bond acceptors (Lipinski definition) is 5. The second kappa shape index (κ2) is 6.92. The van der Waals surface area contributed by atoms with Crippen molar-refractivity contribution in [3.05, 3.63) is 0 Å². The number of nitrogens with zero attached hydrogens (tertiary/aromatic N) is 3. The van der Waals surface area contributed by atoms with E-state index in [1.54, 1.807) is 0 Å². The van der Waals surface area contributed by atoms with E-state index in [0.717, 1.165) is 45.7 Å². The zero-order valence-electron chi connectivity index (χ0n) is 11.5. The first-order chi connectivity index (χ1) is 8.40. The molecule has 0 spiro atoms. The van der Waals surface area contributed by atoms with Gasteiger partial charge in [-0.3, -0.25) is 4.90 Å². The van der Waals surface area contributed by atoms with Gasteiger partial charge in [0.25, 0.3) is 0 Å². The predicted octanol–water partition coefficient (Wildman–Crippen LogP) is -0.0985. The van der Waals surface area contributed by atoms with Crippen molar-refractivity contribution in [2.75, 3.05) is 39.3 Å². The van der Waals surface area contributed by atoms with Crippen molar-refractivity contribution in [2.45, 2.75) is 32.3 Å². The van der Waals surface area contributed by atoms with E-state index in [1.165, 1.54) is 0 Å². The summed E-state index contributed by atoms with van der Waals surface area (Å²) >= 11 is 0. The third-order valence-electron chi connectivity index (χ3n) is 3.11. The maximum Gasteiger partial charge on any atom is 0.139 e. The van der Waals surface area contributed by atoms with Crippen LogP contribution in [0.25, 0.3) is 0 Å². The van der Waals surface area contributed by atoms with E-state index in [1.807, 2.05) is 13.8 Å². The lowest BCUT2D eigenvalue weighted by atomic mass is 10.1. The van der Waals surface area contributed by atoms with Gasteiger partial charge in [0.1, 0.15) is 5.84 Å². The Morgan fingerprint density at radius 1 is 1.22 bits per heavy atom. The van der Waals surface area contributed by atoms with Crippen LogP contribution in [0.3, 0.4) is 0 Å². The number of β-amino-alcohol motifs (C(OH)–C–C–N with tert-alkyl or cyclic N) is 1. The van der Waals surface area contributed by atoms with Crippen LogP contribution in [-0.4, -0.2) is 70.8 Å². The number of hydrogen-bond donors (Lipinski definition) is 3. The smallest absolute Gasteiger partial charge is 0.139 e. The minimum Gasteiger partial charge on any atom is -0.409 e. The van der Waals surface area contributed by atoms with E-state index in [4.69, 9.17) is 10.9 Å². The van der Waals surface area contributed by atoms with Crippen LogP contribution in [-0.2, 0) is 0 Å². The number of oxime groups is 1. The molecule has 0 saturated carbocycles. The lowest BCUT2D eigenvalue weighted by molar-refractivity contribution is 0.0177. The topological polar surface area (TPSA) is 85.3 Å². The van der Waals surface area contributed by atoms with E-state index in [-0.39, 0.29) is 0 Å². The average Bonchev–Trinajstić information content (AvgIpc) is 2.29. The van der Waals surface area contributed by atoms with Crippen LogP contribution in [0.1, 0.15) is 26.7 Å². The molecule has 4 N–H and O–H groups in total. The molecular formula is C12H26N4O2. The fourth-order valence-corrected chi connectivity index (χ4v) is 2.25. The maximum absolute atomic E-state index is 9.76. The van der Waals surface area contributed by atoms with Crippen molar-refractivity contribution in [3.63, 3.8) is 0 Å². The molecule has 0 unspecified atom stereocenters. The quantitative estimate of drug-likeness (QED) is 0.268. The molecule has 6 nitrogen and oxygen atoms in total. The van der Waals surface area contributed by atoms with Crippen molar-refractivity contribution >= 4 is 5.84 Å². The zero-order chi connectivity index (χ0) is 13.6. The number of piperazine rings is 1. The molecular weight excluding hydrogens is 232 g/mol. The molecule has 1 aliphatic heterocycles. The predicted molar refractivity (Wildman–Crippen MR) is 71.8 cm³/mol. The van der Waals surface area contributed by atoms with Gasteiger partial charge in [0.05, 0.1) is 5.60 Å². The van der Waals surface area contributed by atoms with Gasteiger partial charge in [-0.05, 0) is 26.8 Å². The van der Waals surface area contributed by atoms with Crippen LogP contribution in [0.5, 0.6) is 0 Å². The van der Waals surface area contributed by atoms with Crippen LogP contribution in [0.4, 0.5) is 0 Å². The second-order valence-corrected chi connectivity index (χ2v) is 5.63. The molecule has 1 rings (SSSR count). The summed E-state index contributed by atoms with van der Waals surface area (Å²) < 4.78 is 0. The van der Waals surface area contributed by atoms with Gasteiger partial charge in [0, 0.05) is 39.1 Å². The van der Waals surface area contributed by atoms with Gasteiger partial charge < -0.3 is 20.9 Å². The molecule has 0 aliphatic carbocycles. The van der Waals surface area contributed by atoms with Gasteiger partial charge in [-0.15, -0.1) is 0 Å². The highest BCUT2D eigenvalue weighted by Crippen LogP contribution is 2.09. The van der Waals surface area contributed by atoms with Gasteiger partial charge in [-0.1, -0.05) is 5.16 Å². The molecule has 0 atom stereocenters. The summed E-state index contributed by atoms with van der Waals surface area (Å²) in [5.41, 5.74) is 4.81. The second-order valence-electron chi connectivity index (χ2n) is 5.63. The molecule has 0 aromatic heterocycles. The first-order valence-electron chi connectivity index (χ1n) is 6.54. The molecule has 18 heavy (non-hydrogen) atoms. The zero-order valence-corrected chi connectivity index (χ0v) is 11.5. The van der Waals surface area contributed by atoms with Gasteiger partial charge in [-0.25, -0.2) is 0 Å². The van der Waals surface area contributed by atoms with Crippen LogP contribution in [0.2, 0.25) is 0 Å². The Hall–Kier alpha value is -0.850. The minimum absolute atomic E-state index is 0.302. The Morgan fingerprint density at radius 2 is 1.78 bits per heavy atom. The molecule has 1 saturated heterocycles. The van der Waals surface area contributed by atoms with Crippen LogP contribution >= 0.6 is 0 Å². The van der Waals surface area contributed by atoms with Gasteiger partial charge in [0.15, 0.2) is 0 Å².